The van der Waals surface area contributed by atoms with E-state index in [4.69, 9.17) is 9.47 Å². The standard InChI is InChI=1S/C21H32N4O3/c1-4-28-16-7-11-21(2,12-8-16)24-13-9-15(10-14-24)25-19-17(22-20(25)26)5-6-18(23-19)27-3/h5-6,15-16H,4,7-14H2,1-3H3,(H,22,26)/t16-,21-. The summed E-state index contributed by atoms with van der Waals surface area (Å²) in [5.74, 6) is 0.538. The van der Waals surface area contributed by atoms with Crippen LogP contribution in [-0.2, 0) is 4.74 Å². The first-order valence-corrected chi connectivity index (χ1v) is 10.6. The number of hydrogen-bond acceptors (Lipinski definition) is 5. The summed E-state index contributed by atoms with van der Waals surface area (Å²) in [6, 6.07) is 3.83. The molecule has 0 bridgehead atoms. The minimum atomic E-state index is -0.0716. The number of aromatic nitrogens is 3. The van der Waals surface area contributed by atoms with Gasteiger partial charge in [0.25, 0.3) is 0 Å². The topological polar surface area (TPSA) is 72.4 Å². The quantitative estimate of drug-likeness (QED) is 0.852. The lowest BCUT2D eigenvalue weighted by molar-refractivity contribution is -0.0273. The van der Waals surface area contributed by atoms with Gasteiger partial charge < -0.3 is 14.5 Å². The van der Waals surface area contributed by atoms with Crippen molar-refractivity contribution in [2.75, 3.05) is 26.8 Å². The van der Waals surface area contributed by atoms with Gasteiger partial charge in [0.1, 0.15) is 0 Å². The second-order valence-electron chi connectivity index (χ2n) is 8.39. The molecule has 2 aromatic rings. The molecule has 0 amide bonds. The van der Waals surface area contributed by atoms with Gasteiger partial charge in [0.05, 0.1) is 18.7 Å². The van der Waals surface area contributed by atoms with Crippen LogP contribution in [0.3, 0.4) is 0 Å². The highest BCUT2D eigenvalue weighted by molar-refractivity contribution is 5.71. The smallest absolute Gasteiger partial charge is 0.327 e. The Labute approximate surface area is 166 Å². The summed E-state index contributed by atoms with van der Waals surface area (Å²) < 4.78 is 12.9. The molecule has 0 aromatic carbocycles. The van der Waals surface area contributed by atoms with Crippen LogP contribution in [0, 0.1) is 0 Å². The second-order valence-corrected chi connectivity index (χ2v) is 8.39. The van der Waals surface area contributed by atoms with Crippen molar-refractivity contribution in [3.63, 3.8) is 0 Å². The maximum Gasteiger partial charge on any atom is 0.327 e. The number of pyridine rings is 1. The number of rotatable bonds is 5. The van der Waals surface area contributed by atoms with Gasteiger partial charge in [-0.15, -0.1) is 0 Å². The summed E-state index contributed by atoms with van der Waals surface area (Å²) in [6.07, 6.45) is 7.04. The Kier molecular flexibility index (Phi) is 5.47. The fourth-order valence-corrected chi connectivity index (χ4v) is 5.03. The van der Waals surface area contributed by atoms with E-state index in [1.807, 2.05) is 10.6 Å². The van der Waals surface area contributed by atoms with Crippen LogP contribution in [0.2, 0.25) is 0 Å². The lowest BCUT2D eigenvalue weighted by Gasteiger charge is -2.48. The first kappa shape index (κ1) is 19.5. The van der Waals surface area contributed by atoms with E-state index in [0.717, 1.165) is 50.9 Å². The third-order valence-electron chi connectivity index (χ3n) is 6.75. The largest absolute Gasteiger partial charge is 0.481 e. The molecule has 1 aliphatic heterocycles. The highest BCUT2D eigenvalue weighted by Gasteiger charge is 2.38. The maximum absolute atomic E-state index is 12.6. The highest BCUT2D eigenvalue weighted by Crippen LogP contribution is 2.37. The summed E-state index contributed by atoms with van der Waals surface area (Å²) in [5.41, 5.74) is 1.66. The summed E-state index contributed by atoms with van der Waals surface area (Å²) in [6.45, 7) is 7.33. The number of ether oxygens (including phenoxy) is 2. The van der Waals surface area contributed by atoms with Crippen LogP contribution in [0.1, 0.15) is 58.4 Å². The van der Waals surface area contributed by atoms with E-state index in [-0.39, 0.29) is 17.3 Å². The molecule has 0 radical (unpaired) electrons. The van der Waals surface area contributed by atoms with E-state index in [1.165, 1.54) is 12.8 Å². The summed E-state index contributed by atoms with van der Waals surface area (Å²) in [4.78, 5) is 22.7. The van der Waals surface area contributed by atoms with Crippen LogP contribution in [0.5, 0.6) is 5.88 Å². The molecule has 1 saturated heterocycles. The van der Waals surface area contributed by atoms with Crippen molar-refractivity contribution in [3.8, 4) is 5.88 Å². The van der Waals surface area contributed by atoms with Crippen molar-refractivity contribution < 1.29 is 9.47 Å². The third-order valence-corrected chi connectivity index (χ3v) is 6.75. The zero-order chi connectivity index (χ0) is 19.7. The normalized spacial score (nSPS) is 27.3. The monoisotopic (exact) mass is 388 g/mol. The molecule has 3 heterocycles. The predicted molar refractivity (Wildman–Crippen MR) is 109 cm³/mol. The molecule has 1 N–H and O–H groups in total. The summed E-state index contributed by atoms with van der Waals surface area (Å²) in [5, 5.41) is 0. The Balaban J connectivity index is 1.45. The van der Waals surface area contributed by atoms with Crippen LogP contribution in [0.15, 0.2) is 16.9 Å². The van der Waals surface area contributed by atoms with Gasteiger partial charge in [0.15, 0.2) is 5.65 Å². The molecule has 154 valence electrons. The van der Waals surface area contributed by atoms with Gasteiger partial charge >= 0.3 is 5.69 Å². The molecule has 0 spiro atoms. The molecule has 1 saturated carbocycles. The van der Waals surface area contributed by atoms with Gasteiger partial charge in [0, 0.05) is 37.3 Å². The molecule has 2 aliphatic rings. The Morgan fingerprint density at radius 1 is 1.21 bits per heavy atom. The minimum Gasteiger partial charge on any atom is -0.481 e. The SMILES string of the molecule is CCO[C@H]1CC[C@](C)(N2CCC(n3c(=O)[nH]c4ccc(OC)nc43)CC2)CC1. The van der Waals surface area contributed by atoms with Crippen molar-refractivity contribution >= 4 is 11.2 Å². The van der Waals surface area contributed by atoms with Gasteiger partial charge in [-0.05, 0) is 58.4 Å². The second kappa shape index (κ2) is 7.87. The average molecular weight is 389 g/mol. The zero-order valence-corrected chi connectivity index (χ0v) is 17.2. The van der Waals surface area contributed by atoms with Crippen molar-refractivity contribution in [1.82, 2.24) is 19.4 Å². The Morgan fingerprint density at radius 2 is 1.93 bits per heavy atom. The van der Waals surface area contributed by atoms with Crippen LogP contribution < -0.4 is 10.4 Å². The molecule has 2 fully saturated rings. The number of methoxy groups -OCH3 is 1. The third kappa shape index (κ3) is 3.57. The van der Waals surface area contributed by atoms with E-state index in [2.05, 4.69) is 28.7 Å². The van der Waals surface area contributed by atoms with Gasteiger partial charge in [-0.2, -0.15) is 4.98 Å². The predicted octanol–water partition coefficient (Wildman–Crippen LogP) is 3.11. The molecule has 4 rings (SSSR count). The zero-order valence-electron chi connectivity index (χ0n) is 17.2. The number of aromatic amines is 1. The Morgan fingerprint density at radius 3 is 2.57 bits per heavy atom. The number of H-pyrrole nitrogens is 1. The molecule has 0 unspecified atom stereocenters. The van der Waals surface area contributed by atoms with Crippen LogP contribution in [0.4, 0.5) is 0 Å². The van der Waals surface area contributed by atoms with Gasteiger partial charge in [-0.3, -0.25) is 9.47 Å². The maximum atomic E-state index is 12.6. The van der Waals surface area contributed by atoms with E-state index < -0.39 is 0 Å². The Bertz CT molecular complexity index is 858. The molecule has 0 atom stereocenters. The van der Waals surface area contributed by atoms with Crippen LogP contribution in [-0.4, -0.2) is 57.9 Å². The van der Waals surface area contributed by atoms with Crippen LogP contribution >= 0.6 is 0 Å². The lowest BCUT2D eigenvalue weighted by Crippen LogP contribution is -2.53. The molecule has 2 aromatic heterocycles. The van der Waals surface area contributed by atoms with Gasteiger partial charge in [-0.25, -0.2) is 4.79 Å². The number of imidazole rings is 1. The van der Waals surface area contributed by atoms with Crippen LogP contribution in [0.25, 0.3) is 11.2 Å². The molecular weight excluding hydrogens is 356 g/mol. The number of likely N-dealkylation sites (tertiary alicyclic amines) is 1. The fraction of sp³-hybridized carbons (Fsp3) is 0.714. The minimum absolute atomic E-state index is 0.0716. The summed E-state index contributed by atoms with van der Waals surface area (Å²) in [7, 11) is 1.60. The van der Waals surface area contributed by atoms with Crippen molar-refractivity contribution in [1.29, 1.82) is 0 Å². The van der Waals surface area contributed by atoms with Gasteiger partial charge in [-0.1, -0.05) is 0 Å². The average Bonchev–Trinajstić information content (AvgIpc) is 3.05. The fourth-order valence-electron chi connectivity index (χ4n) is 5.03. The van der Waals surface area contributed by atoms with Crippen molar-refractivity contribution in [2.24, 2.45) is 0 Å². The number of nitrogens with zero attached hydrogens (tertiary/aromatic N) is 3. The van der Waals surface area contributed by atoms with Crippen molar-refractivity contribution in [3.05, 3.63) is 22.6 Å². The van der Waals surface area contributed by atoms with E-state index in [0.29, 0.717) is 17.6 Å². The van der Waals surface area contributed by atoms with Gasteiger partial charge in [0.2, 0.25) is 5.88 Å². The first-order valence-electron chi connectivity index (χ1n) is 10.6. The van der Waals surface area contributed by atoms with E-state index in [9.17, 15) is 4.79 Å². The Hall–Kier alpha value is -1.86. The number of hydrogen-bond donors (Lipinski definition) is 1. The first-order chi connectivity index (χ1) is 13.5. The molecule has 28 heavy (non-hydrogen) atoms. The highest BCUT2D eigenvalue weighted by atomic mass is 16.5. The number of piperidine rings is 1. The number of fused-ring (bicyclic) bond motifs is 1. The molecule has 7 heteroatoms. The summed E-state index contributed by atoms with van der Waals surface area (Å²) >= 11 is 0. The van der Waals surface area contributed by atoms with E-state index in [1.54, 1.807) is 13.2 Å². The molecule has 1 aliphatic carbocycles. The molecule has 7 nitrogen and oxygen atoms in total. The van der Waals surface area contributed by atoms with Crippen molar-refractivity contribution in [2.45, 2.75) is 70.1 Å². The number of nitrogens with one attached hydrogen (secondary N) is 1. The molecular formula is C21H32N4O3. The van der Waals surface area contributed by atoms with E-state index >= 15 is 0 Å². The lowest BCUT2D eigenvalue weighted by atomic mass is 9.79.